The molecule has 0 fully saturated rings. The summed E-state index contributed by atoms with van der Waals surface area (Å²) in [7, 11) is 0. The Balaban J connectivity index is 2.70. The number of rotatable bonds is 4. The molecule has 1 aromatic rings. The third-order valence-electron chi connectivity index (χ3n) is 2.15. The molecule has 0 radical (unpaired) electrons. The van der Waals surface area contributed by atoms with Gasteiger partial charge in [-0.25, -0.2) is 4.39 Å². The van der Waals surface area contributed by atoms with Crippen LogP contribution in [0.3, 0.4) is 0 Å². The first-order chi connectivity index (χ1) is 6.63. The summed E-state index contributed by atoms with van der Waals surface area (Å²) in [6.45, 7) is 2.10. The highest BCUT2D eigenvalue weighted by atomic mass is 79.9. The lowest BCUT2D eigenvalue weighted by molar-refractivity contribution is 0.590. The van der Waals surface area contributed by atoms with Crippen LogP contribution in [0.2, 0.25) is 0 Å². The van der Waals surface area contributed by atoms with Gasteiger partial charge in [-0.05, 0) is 36.6 Å². The second-order valence-electron chi connectivity index (χ2n) is 3.49. The molecule has 1 atom stereocenters. The fourth-order valence-electron chi connectivity index (χ4n) is 1.46. The van der Waals surface area contributed by atoms with Gasteiger partial charge in [0.1, 0.15) is 5.82 Å². The lowest BCUT2D eigenvalue weighted by Crippen LogP contribution is -2.22. The Bertz CT molecular complexity index is 301. The standard InChI is InChI=1S/C11H15BrFN/c1-2-3-10(14)7-8-6-9(13)4-5-11(8)12/h4-6,10H,2-3,7,14H2,1H3. The summed E-state index contributed by atoms with van der Waals surface area (Å²) in [5, 5.41) is 0. The van der Waals surface area contributed by atoms with Crippen LogP contribution in [-0.2, 0) is 6.42 Å². The molecule has 2 N–H and O–H groups in total. The van der Waals surface area contributed by atoms with Crippen molar-refractivity contribution >= 4 is 15.9 Å². The van der Waals surface area contributed by atoms with E-state index >= 15 is 0 Å². The molecule has 0 aliphatic carbocycles. The van der Waals surface area contributed by atoms with Crippen LogP contribution in [0.5, 0.6) is 0 Å². The molecule has 0 saturated carbocycles. The largest absolute Gasteiger partial charge is 0.327 e. The lowest BCUT2D eigenvalue weighted by atomic mass is 10.0. The van der Waals surface area contributed by atoms with E-state index in [-0.39, 0.29) is 11.9 Å². The fourth-order valence-corrected chi connectivity index (χ4v) is 1.86. The van der Waals surface area contributed by atoms with Crippen molar-refractivity contribution < 1.29 is 4.39 Å². The van der Waals surface area contributed by atoms with Gasteiger partial charge in [0.05, 0.1) is 0 Å². The van der Waals surface area contributed by atoms with E-state index in [0.29, 0.717) is 0 Å². The minimum absolute atomic E-state index is 0.123. The van der Waals surface area contributed by atoms with Crippen molar-refractivity contribution in [3.8, 4) is 0 Å². The van der Waals surface area contributed by atoms with Crippen LogP contribution < -0.4 is 5.73 Å². The van der Waals surface area contributed by atoms with Gasteiger partial charge in [0.2, 0.25) is 0 Å². The summed E-state index contributed by atoms with van der Waals surface area (Å²) in [4.78, 5) is 0. The highest BCUT2D eigenvalue weighted by Gasteiger charge is 2.07. The van der Waals surface area contributed by atoms with Gasteiger partial charge in [-0.3, -0.25) is 0 Å². The molecule has 78 valence electrons. The summed E-state index contributed by atoms with van der Waals surface area (Å²) in [5.74, 6) is -0.202. The molecule has 1 aromatic carbocycles. The van der Waals surface area contributed by atoms with Crippen LogP contribution >= 0.6 is 15.9 Å². The Kier molecular flexibility index (Phi) is 4.55. The van der Waals surface area contributed by atoms with Crippen molar-refractivity contribution in [3.05, 3.63) is 34.1 Å². The summed E-state index contributed by atoms with van der Waals surface area (Å²) in [5.41, 5.74) is 6.84. The Hall–Kier alpha value is -0.410. The van der Waals surface area contributed by atoms with Gasteiger partial charge in [-0.15, -0.1) is 0 Å². The van der Waals surface area contributed by atoms with Crippen LogP contribution in [0, 0.1) is 5.82 Å². The van der Waals surface area contributed by atoms with E-state index in [4.69, 9.17) is 5.73 Å². The molecule has 1 unspecified atom stereocenters. The third-order valence-corrected chi connectivity index (χ3v) is 2.92. The van der Waals surface area contributed by atoms with E-state index < -0.39 is 0 Å². The number of benzene rings is 1. The molecule has 0 bridgehead atoms. The lowest BCUT2D eigenvalue weighted by Gasteiger charge is -2.11. The van der Waals surface area contributed by atoms with E-state index in [1.165, 1.54) is 6.07 Å². The topological polar surface area (TPSA) is 26.0 Å². The van der Waals surface area contributed by atoms with Crippen LogP contribution in [0.1, 0.15) is 25.3 Å². The fraction of sp³-hybridized carbons (Fsp3) is 0.455. The first kappa shape index (κ1) is 11.7. The summed E-state index contributed by atoms with van der Waals surface area (Å²) < 4.78 is 13.9. The van der Waals surface area contributed by atoms with Crippen LogP contribution in [0.25, 0.3) is 0 Å². The minimum atomic E-state index is -0.202. The van der Waals surface area contributed by atoms with Crippen molar-refractivity contribution in [3.63, 3.8) is 0 Å². The van der Waals surface area contributed by atoms with E-state index in [1.807, 2.05) is 0 Å². The average Bonchev–Trinajstić information content (AvgIpc) is 2.12. The maximum atomic E-state index is 12.9. The summed E-state index contributed by atoms with van der Waals surface area (Å²) in [6.07, 6.45) is 2.77. The van der Waals surface area contributed by atoms with Crippen LogP contribution in [0.4, 0.5) is 4.39 Å². The van der Waals surface area contributed by atoms with Gasteiger partial charge < -0.3 is 5.73 Å². The molecule has 3 heteroatoms. The highest BCUT2D eigenvalue weighted by molar-refractivity contribution is 9.10. The second-order valence-corrected chi connectivity index (χ2v) is 4.34. The number of hydrogen-bond donors (Lipinski definition) is 1. The SMILES string of the molecule is CCCC(N)Cc1cc(F)ccc1Br. The predicted octanol–water partition coefficient (Wildman–Crippen LogP) is 3.26. The predicted molar refractivity (Wildman–Crippen MR) is 60.7 cm³/mol. The van der Waals surface area contributed by atoms with Crippen molar-refractivity contribution in [1.82, 2.24) is 0 Å². The molecule has 0 aliphatic rings. The first-order valence-electron chi connectivity index (χ1n) is 4.83. The number of halogens is 2. The quantitative estimate of drug-likeness (QED) is 0.883. The Morgan fingerprint density at radius 2 is 2.21 bits per heavy atom. The number of nitrogens with two attached hydrogens (primary N) is 1. The Morgan fingerprint density at radius 3 is 2.86 bits per heavy atom. The molecule has 0 amide bonds. The van der Waals surface area contributed by atoms with E-state index in [1.54, 1.807) is 12.1 Å². The highest BCUT2D eigenvalue weighted by Crippen LogP contribution is 2.19. The van der Waals surface area contributed by atoms with E-state index in [0.717, 1.165) is 29.3 Å². The zero-order chi connectivity index (χ0) is 10.6. The Labute approximate surface area is 92.6 Å². The van der Waals surface area contributed by atoms with Gasteiger partial charge >= 0.3 is 0 Å². The number of hydrogen-bond acceptors (Lipinski definition) is 1. The molecule has 0 heterocycles. The molecule has 1 nitrogen and oxygen atoms in total. The molecular weight excluding hydrogens is 245 g/mol. The van der Waals surface area contributed by atoms with Crippen LogP contribution in [-0.4, -0.2) is 6.04 Å². The first-order valence-corrected chi connectivity index (χ1v) is 5.62. The van der Waals surface area contributed by atoms with Crippen LogP contribution in [0.15, 0.2) is 22.7 Å². The van der Waals surface area contributed by atoms with Crippen molar-refractivity contribution in [2.75, 3.05) is 0 Å². The van der Waals surface area contributed by atoms with Gasteiger partial charge in [-0.2, -0.15) is 0 Å². The zero-order valence-electron chi connectivity index (χ0n) is 8.26. The smallest absolute Gasteiger partial charge is 0.123 e. The molecule has 0 saturated heterocycles. The van der Waals surface area contributed by atoms with Gasteiger partial charge in [0.25, 0.3) is 0 Å². The molecule has 0 aliphatic heterocycles. The maximum Gasteiger partial charge on any atom is 0.123 e. The summed E-state index contributed by atoms with van der Waals surface area (Å²) in [6, 6.07) is 4.83. The normalized spacial score (nSPS) is 12.9. The molecule has 0 spiro atoms. The molecular formula is C11H15BrFN. The van der Waals surface area contributed by atoms with Gasteiger partial charge in [-0.1, -0.05) is 29.3 Å². The average molecular weight is 260 g/mol. The van der Waals surface area contributed by atoms with Crippen molar-refractivity contribution in [1.29, 1.82) is 0 Å². The minimum Gasteiger partial charge on any atom is -0.327 e. The molecule has 1 rings (SSSR count). The van der Waals surface area contributed by atoms with Gasteiger partial charge in [0.15, 0.2) is 0 Å². The maximum absolute atomic E-state index is 12.9. The van der Waals surface area contributed by atoms with Crippen molar-refractivity contribution in [2.24, 2.45) is 5.73 Å². The van der Waals surface area contributed by atoms with E-state index in [9.17, 15) is 4.39 Å². The van der Waals surface area contributed by atoms with Gasteiger partial charge in [0, 0.05) is 10.5 Å². The second kappa shape index (κ2) is 5.47. The van der Waals surface area contributed by atoms with E-state index in [2.05, 4.69) is 22.9 Å². The molecule has 14 heavy (non-hydrogen) atoms. The third kappa shape index (κ3) is 3.39. The summed E-state index contributed by atoms with van der Waals surface area (Å²) >= 11 is 3.39. The Morgan fingerprint density at radius 1 is 1.50 bits per heavy atom. The monoisotopic (exact) mass is 259 g/mol. The zero-order valence-corrected chi connectivity index (χ0v) is 9.85. The molecule has 0 aromatic heterocycles. The van der Waals surface area contributed by atoms with Crippen molar-refractivity contribution in [2.45, 2.75) is 32.2 Å².